The van der Waals surface area contributed by atoms with E-state index in [1.54, 1.807) is 29.2 Å². The summed E-state index contributed by atoms with van der Waals surface area (Å²) in [5.74, 6) is -0.128. The first kappa shape index (κ1) is 16.0. The molecule has 1 aromatic carbocycles. The highest BCUT2D eigenvalue weighted by Gasteiger charge is 2.28. The van der Waals surface area contributed by atoms with Gasteiger partial charge in [-0.05, 0) is 31.5 Å². The largest absolute Gasteiger partial charge is 0.375 e. The summed E-state index contributed by atoms with van der Waals surface area (Å²) in [6.07, 6.45) is 1.21. The van der Waals surface area contributed by atoms with Gasteiger partial charge < -0.3 is 9.64 Å². The molecule has 21 heavy (non-hydrogen) atoms. The number of hydrogen-bond acceptors (Lipinski definition) is 4. The summed E-state index contributed by atoms with van der Waals surface area (Å²) in [5.41, 5.74) is 1.16. The van der Waals surface area contributed by atoms with E-state index in [1.165, 1.54) is 6.26 Å². The van der Waals surface area contributed by atoms with Crippen LogP contribution in [0.1, 0.15) is 29.8 Å². The molecule has 2 atom stereocenters. The van der Waals surface area contributed by atoms with Crippen molar-refractivity contribution >= 4 is 15.7 Å². The number of nitrogens with zero attached hydrogens (tertiary/aromatic N) is 1. The van der Waals surface area contributed by atoms with Crippen molar-refractivity contribution in [2.75, 3.05) is 19.4 Å². The van der Waals surface area contributed by atoms with E-state index < -0.39 is 9.84 Å². The molecule has 0 aromatic heterocycles. The molecule has 6 heteroatoms. The predicted octanol–water partition coefficient (Wildman–Crippen LogP) is 1.48. The molecule has 1 heterocycles. The number of benzene rings is 1. The van der Waals surface area contributed by atoms with E-state index in [4.69, 9.17) is 4.74 Å². The van der Waals surface area contributed by atoms with Crippen LogP contribution in [0.3, 0.4) is 0 Å². The second kappa shape index (κ2) is 6.15. The molecule has 1 amide bonds. The zero-order valence-electron chi connectivity index (χ0n) is 12.6. The molecule has 1 fully saturated rings. The summed E-state index contributed by atoms with van der Waals surface area (Å²) in [6.45, 7) is 4.96. The first-order valence-electron chi connectivity index (χ1n) is 6.95. The lowest BCUT2D eigenvalue weighted by molar-refractivity contribution is -0.0387. The van der Waals surface area contributed by atoms with Crippen molar-refractivity contribution in [2.45, 2.75) is 31.7 Å². The molecule has 0 saturated carbocycles. The van der Waals surface area contributed by atoms with Gasteiger partial charge in [0.1, 0.15) is 0 Å². The lowest BCUT2D eigenvalue weighted by Crippen LogP contribution is -2.50. The SMILES string of the molecule is CC1CN(C(=O)c2cccc(CS(C)(=O)=O)c2)C(C)CO1. The minimum absolute atomic E-state index is 0.0179. The molecule has 0 spiro atoms. The van der Waals surface area contributed by atoms with Crippen LogP contribution in [-0.2, 0) is 20.3 Å². The van der Waals surface area contributed by atoms with Gasteiger partial charge in [-0.3, -0.25) is 4.79 Å². The standard InChI is InChI=1S/C15H21NO4S/c1-11-9-20-12(2)8-16(11)15(17)14-6-4-5-13(7-14)10-21(3,18)19/h4-7,11-12H,8-10H2,1-3H3. The van der Waals surface area contributed by atoms with Crippen molar-refractivity contribution in [1.29, 1.82) is 0 Å². The molecule has 1 aromatic rings. The maximum Gasteiger partial charge on any atom is 0.254 e. The quantitative estimate of drug-likeness (QED) is 0.848. The van der Waals surface area contributed by atoms with Crippen LogP contribution in [0.4, 0.5) is 0 Å². The van der Waals surface area contributed by atoms with Gasteiger partial charge in [-0.2, -0.15) is 0 Å². The van der Waals surface area contributed by atoms with Gasteiger partial charge in [-0.1, -0.05) is 12.1 Å². The van der Waals surface area contributed by atoms with E-state index in [9.17, 15) is 13.2 Å². The van der Waals surface area contributed by atoms with Crippen molar-refractivity contribution in [3.05, 3.63) is 35.4 Å². The number of rotatable bonds is 3. The molecule has 0 bridgehead atoms. The minimum atomic E-state index is -3.11. The number of ether oxygens (including phenoxy) is 1. The lowest BCUT2D eigenvalue weighted by Gasteiger charge is -2.36. The Morgan fingerprint density at radius 1 is 1.38 bits per heavy atom. The third-order valence-electron chi connectivity index (χ3n) is 3.47. The fourth-order valence-electron chi connectivity index (χ4n) is 2.45. The lowest BCUT2D eigenvalue weighted by atomic mass is 10.1. The number of hydrogen-bond donors (Lipinski definition) is 0. The summed E-state index contributed by atoms with van der Waals surface area (Å²) in [4.78, 5) is 14.4. The van der Waals surface area contributed by atoms with Gasteiger partial charge in [-0.25, -0.2) is 8.42 Å². The summed E-state index contributed by atoms with van der Waals surface area (Å²) in [5, 5.41) is 0. The molecular formula is C15H21NO4S. The van der Waals surface area contributed by atoms with Crippen LogP contribution in [0.25, 0.3) is 0 Å². The molecule has 5 nitrogen and oxygen atoms in total. The Bertz CT molecular complexity index is 626. The summed E-state index contributed by atoms with van der Waals surface area (Å²) < 4.78 is 28.3. The van der Waals surface area contributed by atoms with Crippen molar-refractivity contribution in [2.24, 2.45) is 0 Å². The van der Waals surface area contributed by atoms with E-state index >= 15 is 0 Å². The number of morpholine rings is 1. The first-order chi connectivity index (χ1) is 9.76. The zero-order chi connectivity index (χ0) is 15.6. The molecule has 0 aliphatic carbocycles. The molecule has 1 aliphatic rings. The topological polar surface area (TPSA) is 63.7 Å². The van der Waals surface area contributed by atoms with Crippen LogP contribution in [0, 0.1) is 0 Å². The fraction of sp³-hybridized carbons (Fsp3) is 0.533. The van der Waals surface area contributed by atoms with E-state index in [2.05, 4.69) is 0 Å². The molecule has 0 radical (unpaired) electrons. The highest BCUT2D eigenvalue weighted by molar-refractivity contribution is 7.89. The Hall–Kier alpha value is -1.40. The number of sulfone groups is 1. The molecule has 1 saturated heterocycles. The maximum absolute atomic E-state index is 12.6. The Balaban J connectivity index is 2.21. The van der Waals surface area contributed by atoms with Crippen LogP contribution in [0.5, 0.6) is 0 Å². The second-order valence-corrected chi connectivity index (χ2v) is 7.86. The fourth-order valence-corrected chi connectivity index (χ4v) is 3.23. The average molecular weight is 311 g/mol. The number of carbonyl (C=O) groups excluding carboxylic acids is 1. The van der Waals surface area contributed by atoms with E-state index in [0.717, 1.165) is 0 Å². The van der Waals surface area contributed by atoms with Crippen LogP contribution < -0.4 is 0 Å². The monoisotopic (exact) mass is 311 g/mol. The number of carbonyl (C=O) groups is 1. The Kier molecular flexibility index (Phi) is 4.68. The van der Waals surface area contributed by atoms with Crippen LogP contribution in [-0.4, -0.2) is 50.8 Å². The normalized spacial score (nSPS) is 23.1. The van der Waals surface area contributed by atoms with Crippen molar-refractivity contribution in [3.63, 3.8) is 0 Å². The molecule has 0 N–H and O–H groups in total. The smallest absolute Gasteiger partial charge is 0.254 e. The highest BCUT2D eigenvalue weighted by atomic mass is 32.2. The van der Waals surface area contributed by atoms with Crippen LogP contribution >= 0.6 is 0 Å². The van der Waals surface area contributed by atoms with Crippen LogP contribution in [0.2, 0.25) is 0 Å². The molecular weight excluding hydrogens is 290 g/mol. The van der Waals surface area contributed by atoms with Gasteiger partial charge in [0.05, 0.1) is 24.5 Å². The Morgan fingerprint density at radius 2 is 2.10 bits per heavy atom. The minimum Gasteiger partial charge on any atom is -0.375 e. The molecule has 2 unspecified atom stereocenters. The molecule has 116 valence electrons. The summed E-state index contributed by atoms with van der Waals surface area (Å²) >= 11 is 0. The average Bonchev–Trinajstić information content (AvgIpc) is 2.39. The van der Waals surface area contributed by atoms with E-state index in [1.807, 2.05) is 13.8 Å². The number of amides is 1. The van der Waals surface area contributed by atoms with E-state index in [-0.39, 0.29) is 23.8 Å². The molecule has 2 rings (SSSR count). The van der Waals surface area contributed by atoms with E-state index in [0.29, 0.717) is 24.3 Å². The van der Waals surface area contributed by atoms with Crippen molar-refractivity contribution in [1.82, 2.24) is 4.90 Å². The maximum atomic E-state index is 12.6. The van der Waals surface area contributed by atoms with Gasteiger partial charge in [0.25, 0.3) is 5.91 Å². The van der Waals surface area contributed by atoms with Gasteiger partial charge in [0, 0.05) is 18.4 Å². The highest BCUT2D eigenvalue weighted by Crippen LogP contribution is 2.17. The van der Waals surface area contributed by atoms with Gasteiger partial charge >= 0.3 is 0 Å². The summed E-state index contributed by atoms with van der Waals surface area (Å²) in [6, 6.07) is 6.86. The third-order valence-corrected chi connectivity index (χ3v) is 4.33. The van der Waals surface area contributed by atoms with Gasteiger partial charge in [0.2, 0.25) is 0 Å². The predicted molar refractivity (Wildman–Crippen MR) is 80.9 cm³/mol. The van der Waals surface area contributed by atoms with Gasteiger partial charge in [-0.15, -0.1) is 0 Å². The first-order valence-corrected chi connectivity index (χ1v) is 9.01. The zero-order valence-corrected chi connectivity index (χ0v) is 13.4. The summed E-state index contributed by atoms with van der Waals surface area (Å²) in [7, 11) is -3.11. The Labute approximate surface area is 125 Å². The Morgan fingerprint density at radius 3 is 2.76 bits per heavy atom. The van der Waals surface area contributed by atoms with Crippen molar-refractivity contribution in [3.8, 4) is 0 Å². The van der Waals surface area contributed by atoms with Crippen LogP contribution in [0.15, 0.2) is 24.3 Å². The second-order valence-electron chi connectivity index (χ2n) is 5.72. The van der Waals surface area contributed by atoms with Gasteiger partial charge in [0.15, 0.2) is 9.84 Å². The molecule has 1 aliphatic heterocycles. The third kappa shape index (κ3) is 4.28. The van der Waals surface area contributed by atoms with Crippen molar-refractivity contribution < 1.29 is 17.9 Å².